The van der Waals surface area contributed by atoms with Crippen LogP contribution in [-0.2, 0) is 29.0 Å². The number of carbonyl (C=O) groups excluding carboxylic acids is 2. The van der Waals surface area contributed by atoms with Gasteiger partial charge in [0, 0.05) is 30.7 Å². The summed E-state index contributed by atoms with van der Waals surface area (Å²) in [4.78, 5) is 46.8. The van der Waals surface area contributed by atoms with Gasteiger partial charge in [-0.2, -0.15) is 0 Å². The molecule has 2 aliphatic rings. The molecule has 8 nitrogen and oxygen atoms in total. The van der Waals surface area contributed by atoms with Crippen LogP contribution in [0.25, 0.3) is 0 Å². The molecule has 0 amide bonds. The van der Waals surface area contributed by atoms with Crippen LogP contribution in [-0.4, -0.2) is 59.8 Å². The second kappa shape index (κ2) is 10.2. The maximum Gasteiger partial charge on any atom is 0.256 e. The number of nitrogens with one attached hydrogen (secondary N) is 1. The predicted octanol–water partition coefficient (Wildman–Crippen LogP) is 1.95. The normalized spacial score (nSPS) is 17.0. The summed E-state index contributed by atoms with van der Waals surface area (Å²) in [6, 6.07) is 7.23. The van der Waals surface area contributed by atoms with E-state index in [1.54, 1.807) is 19.2 Å². The zero-order valence-electron chi connectivity index (χ0n) is 18.4. The molecule has 0 bridgehead atoms. The van der Waals surface area contributed by atoms with Crippen LogP contribution >= 0.6 is 0 Å². The highest BCUT2D eigenvalue weighted by Gasteiger charge is 2.26. The molecule has 1 aromatic heterocycles. The number of nitrogens with zero attached hydrogens (tertiary/aromatic N) is 2. The summed E-state index contributed by atoms with van der Waals surface area (Å²) >= 11 is 0. The number of rotatable bonds is 8. The van der Waals surface area contributed by atoms with Gasteiger partial charge in [-0.1, -0.05) is 0 Å². The van der Waals surface area contributed by atoms with E-state index in [-0.39, 0.29) is 23.0 Å². The number of fused-ring (bicyclic) bond motifs is 1. The molecule has 0 unspecified atom stereocenters. The molecule has 0 aliphatic carbocycles. The lowest BCUT2D eigenvalue weighted by atomic mass is 9.88. The van der Waals surface area contributed by atoms with Crippen LogP contribution in [0.2, 0.25) is 0 Å². The first-order chi connectivity index (χ1) is 15.5. The van der Waals surface area contributed by atoms with Gasteiger partial charge >= 0.3 is 0 Å². The Labute approximate surface area is 186 Å². The first-order valence-corrected chi connectivity index (χ1v) is 11.1. The van der Waals surface area contributed by atoms with E-state index in [0.717, 1.165) is 37.4 Å². The van der Waals surface area contributed by atoms with Gasteiger partial charge in [0.25, 0.3) is 5.56 Å². The number of aromatic amines is 1. The van der Waals surface area contributed by atoms with E-state index in [9.17, 15) is 14.4 Å². The lowest BCUT2D eigenvalue weighted by Gasteiger charge is -2.30. The predicted molar refractivity (Wildman–Crippen MR) is 118 cm³/mol. The van der Waals surface area contributed by atoms with Gasteiger partial charge in [-0.05, 0) is 50.2 Å². The molecule has 1 aromatic carbocycles. The Hall–Kier alpha value is -2.84. The molecular weight excluding hydrogens is 410 g/mol. The molecule has 1 fully saturated rings. The number of benzene rings is 1. The topological polar surface area (TPSA) is 102 Å². The second-order valence-electron chi connectivity index (χ2n) is 8.42. The Balaban J connectivity index is 1.23. The number of methoxy groups -OCH3 is 1. The molecule has 2 aromatic rings. The van der Waals surface area contributed by atoms with Crippen molar-refractivity contribution in [1.29, 1.82) is 0 Å². The van der Waals surface area contributed by atoms with Crippen molar-refractivity contribution in [3.63, 3.8) is 0 Å². The average Bonchev–Trinajstić information content (AvgIpc) is 2.83. The van der Waals surface area contributed by atoms with E-state index in [2.05, 4.69) is 14.9 Å². The molecule has 0 atom stereocenters. The number of Topliss-reactive ketones (excluding diaryl/α,β-unsaturated/α-hetero) is 2. The summed E-state index contributed by atoms with van der Waals surface area (Å²) in [6.07, 6.45) is 2.89. The van der Waals surface area contributed by atoms with Gasteiger partial charge < -0.3 is 14.5 Å². The molecule has 32 heavy (non-hydrogen) atoms. The van der Waals surface area contributed by atoms with Crippen LogP contribution in [0, 0.1) is 5.92 Å². The van der Waals surface area contributed by atoms with E-state index in [0.29, 0.717) is 56.0 Å². The van der Waals surface area contributed by atoms with Crippen molar-refractivity contribution in [3.8, 4) is 5.75 Å². The number of ketones is 2. The zero-order chi connectivity index (χ0) is 22.5. The first-order valence-electron chi connectivity index (χ1n) is 11.1. The third-order valence-corrected chi connectivity index (χ3v) is 6.25. The van der Waals surface area contributed by atoms with Crippen molar-refractivity contribution >= 4 is 11.6 Å². The van der Waals surface area contributed by atoms with Crippen LogP contribution in [0.3, 0.4) is 0 Å². The summed E-state index contributed by atoms with van der Waals surface area (Å²) < 4.78 is 10.5. The van der Waals surface area contributed by atoms with Crippen molar-refractivity contribution in [1.82, 2.24) is 14.9 Å². The number of piperidine rings is 1. The SMILES string of the molecule is COc1ccc(C(=O)C2CCN(CC(=O)CCc3nc4c(c(=O)[nH]3)COCC4)CC2)cc1. The van der Waals surface area contributed by atoms with Gasteiger partial charge in [0.05, 0.1) is 38.1 Å². The third kappa shape index (κ3) is 5.31. The summed E-state index contributed by atoms with van der Waals surface area (Å²) in [6.45, 7) is 2.69. The highest BCUT2D eigenvalue weighted by atomic mass is 16.5. The number of carbonyl (C=O) groups is 2. The summed E-state index contributed by atoms with van der Waals surface area (Å²) in [5.74, 6) is 1.56. The first kappa shape index (κ1) is 22.4. The van der Waals surface area contributed by atoms with E-state index in [1.165, 1.54) is 0 Å². The van der Waals surface area contributed by atoms with Crippen molar-refractivity contribution < 1.29 is 19.1 Å². The highest BCUT2D eigenvalue weighted by molar-refractivity contribution is 5.98. The van der Waals surface area contributed by atoms with Gasteiger partial charge in [0.15, 0.2) is 5.78 Å². The molecule has 0 spiro atoms. The van der Waals surface area contributed by atoms with Gasteiger partial charge in [-0.3, -0.25) is 19.3 Å². The molecule has 0 radical (unpaired) electrons. The van der Waals surface area contributed by atoms with Crippen molar-refractivity contribution in [3.05, 3.63) is 57.3 Å². The quantitative estimate of drug-likeness (QED) is 0.627. The maximum absolute atomic E-state index is 12.7. The average molecular weight is 440 g/mol. The summed E-state index contributed by atoms with van der Waals surface area (Å²) in [7, 11) is 1.60. The lowest BCUT2D eigenvalue weighted by Crippen LogP contribution is -2.39. The Morgan fingerprint density at radius 3 is 2.69 bits per heavy atom. The van der Waals surface area contributed by atoms with Crippen LogP contribution in [0.15, 0.2) is 29.1 Å². The monoisotopic (exact) mass is 439 g/mol. The van der Waals surface area contributed by atoms with Crippen molar-refractivity contribution in [2.24, 2.45) is 5.92 Å². The molecule has 3 heterocycles. The van der Waals surface area contributed by atoms with Gasteiger partial charge in [-0.25, -0.2) is 4.98 Å². The minimum Gasteiger partial charge on any atom is -0.497 e. The zero-order valence-corrected chi connectivity index (χ0v) is 18.4. The summed E-state index contributed by atoms with van der Waals surface area (Å²) in [5, 5.41) is 0. The van der Waals surface area contributed by atoms with Gasteiger partial charge in [-0.15, -0.1) is 0 Å². The molecule has 2 aliphatic heterocycles. The molecule has 1 N–H and O–H groups in total. The number of aryl methyl sites for hydroxylation is 1. The standard InChI is InChI=1S/C24H29N3O5/c1-31-19-5-2-16(3-6-19)23(29)17-8-11-27(12-9-17)14-18(28)4-7-22-25-21-10-13-32-15-20(21)24(30)26-22/h2-3,5-6,17H,4,7-15H2,1H3,(H,25,26,30). The Morgan fingerprint density at radius 2 is 1.97 bits per heavy atom. The van der Waals surface area contributed by atoms with Crippen LogP contribution in [0.4, 0.5) is 0 Å². The largest absolute Gasteiger partial charge is 0.497 e. The lowest BCUT2D eigenvalue weighted by molar-refractivity contribution is -0.120. The molecule has 1 saturated heterocycles. The fraction of sp³-hybridized carbons (Fsp3) is 0.500. The number of hydrogen-bond donors (Lipinski definition) is 1. The van der Waals surface area contributed by atoms with Crippen LogP contribution < -0.4 is 10.3 Å². The fourth-order valence-electron chi connectivity index (χ4n) is 4.34. The van der Waals surface area contributed by atoms with E-state index < -0.39 is 0 Å². The van der Waals surface area contributed by atoms with Crippen molar-refractivity contribution in [2.45, 2.75) is 38.7 Å². The third-order valence-electron chi connectivity index (χ3n) is 6.25. The molecule has 170 valence electrons. The Morgan fingerprint density at radius 1 is 1.22 bits per heavy atom. The Bertz CT molecular complexity index is 1020. The number of H-pyrrole nitrogens is 1. The van der Waals surface area contributed by atoms with Crippen LogP contribution in [0.1, 0.15) is 46.7 Å². The minimum atomic E-state index is -0.166. The minimum absolute atomic E-state index is 0.0107. The van der Waals surface area contributed by atoms with Crippen LogP contribution in [0.5, 0.6) is 5.75 Å². The maximum atomic E-state index is 12.7. The second-order valence-corrected chi connectivity index (χ2v) is 8.42. The number of likely N-dealkylation sites (tertiary alicyclic amines) is 1. The Kier molecular flexibility index (Phi) is 7.12. The number of ether oxygens (including phenoxy) is 2. The molecule has 0 saturated carbocycles. The van der Waals surface area contributed by atoms with E-state index in [1.807, 2.05) is 12.1 Å². The summed E-state index contributed by atoms with van der Waals surface area (Å²) in [5.41, 5.74) is 1.92. The smallest absolute Gasteiger partial charge is 0.256 e. The molecule has 8 heteroatoms. The number of aromatic nitrogens is 2. The molecular formula is C24H29N3O5. The van der Waals surface area contributed by atoms with E-state index >= 15 is 0 Å². The molecule has 4 rings (SSSR count). The van der Waals surface area contributed by atoms with Gasteiger partial charge in [0.1, 0.15) is 17.4 Å². The van der Waals surface area contributed by atoms with Crippen molar-refractivity contribution in [2.75, 3.05) is 33.4 Å². The number of hydrogen-bond acceptors (Lipinski definition) is 7. The van der Waals surface area contributed by atoms with Gasteiger partial charge in [0.2, 0.25) is 0 Å². The highest BCUT2D eigenvalue weighted by Crippen LogP contribution is 2.23. The van der Waals surface area contributed by atoms with E-state index in [4.69, 9.17) is 9.47 Å². The fourth-order valence-corrected chi connectivity index (χ4v) is 4.34.